The van der Waals surface area contributed by atoms with E-state index in [4.69, 9.17) is 4.74 Å². The van der Waals surface area contributed by atoms with Crippen molar-refractivity contribution in [2.75, 3.05) is 42.3 Å². The molecular formula is C22H22N4O2S. The van der Waals surface area contributed by atoms with Gasteiger partial charge in [-0.25, -0.2) is 0 Å². The molecule has 148 valence electrons. The molecule has 1 aromatic heterocycles. The molecule has 1 atom stereocenters. The number of ether oxygens (including phenoxy) is 1. The Balaban J connectivity index is 1.52. The van der Waals surface area contributed by atoms with E-state index in [-0.39, 0.29) is 11.2 Å². The van der Waals surface area contributed by atoms with Crippen molar-refractivity contribution < 1.29 is 9.53 Å². The van der Waals surface area contributed by atoms with Crippen LogP contribution < -0.4 is 10.2 Å². The minimum absolute atomic E-state index is 0.0187. The summed E-state index contributed by atoms with van der Waals surface area (Å²) in [4.78, 5) is 14.6. The van der Waals surface area contributed by atoms with Gasteiger partial charge in [0.05, 0.1) is 29.9 Å². The van der Waals surface area contributed by atoms with Crippen molar-refractivity contribution in [3.63, 3.8) is 0 Å². The number of amides is 1. The summed E-state index contributed by atoms with van der Waals surface area (Å²) >= 11 is 1.64. The fourth-order valence-electron chi connectivity index (χ4n) is 3.88. The second-order valence-corrected chi connectivity index (χ2v) is 8.25. The van der Waals surface area contributed by atoms with Crippen LogP contribution in [0.2, 0.25) is 0 Å². The summed E-state index contributed by atoms with van der Waals surface area (Å²) in [6, 6.07) is 18.8. The highest BCUT2D eigenvalue weighted by atomic mass is 32.2. The first-order valence-corrected chi connectivity index (χ1v) is 10.8. The number of carbonyl (C=O) groups is 1. The third-order valence-corrected chi connectivity index (χ3v) is 6.61. The van der Waals surface area contributed by atoms with Crippen LogP contribution in [-0.2, 0) is 9.53 Å². The van der Waals surface area contributed by atoms with Crippen molar-refractivity contribution in [1.82, 2.24) is 10.2 Å². The topological polar surface area (TPSA) is 70.2 Å². The molecule has 2 aromatic carbocycles. The molecule has 1 amide bonds. The predicted molar refractivity (Wildman–Crippen MR) is 116 cm³/mol. The zero-order chi connectivity index (χ0) is 19.6. The van der Waals surface area contributed by atoms with E-state index in [0.29, 0.717) is 11.6 Å². The standard InChI is InChI=1S/C22H22N4O2S/c27-18-14-29-21(16-6-8-17(9-7-16)26-10-12-28-13-11-26)19-20(24-25-22(19)23-18)15-4-2-1-3-5-15/h1-9,21H,10-14H2,(H2,23,24,25,27). The van der Waals surface area contributed by atoms with E-state index in [9.17, 15) is 4.79 Å². The zero-order valence-corrected chi connectivity index (χ0v) is 16.7. The lowest BCUT2D eigenvalue weighted by Crippen LogP contribution is -2.36. The molecule has 2 N–H and O–H groups in total. The largest absolute Gasteiger partial charge is 0.378 e. The van der Waals surface area contributed by atoms with E-state index in [1.54, 1.807) is 11.8 Å². The van der Waals surface area contributed by atoms with Gasteiger partial charge in [-0.05, 0) is 23.3 Å². The first kappa shape index (κ1) is 18.3. The van der Waals surface area contributed by atoms with Crippen LogP contribution in [0.3, 0.4) is 0 Å². The van der Waals surface area contributed by atoms with E-state index >= 15 is 0 Å². The number of hydrogen-bond acceptors (Lipinski definition) is 5. The maximum atomic E-state index is 12.2. The molecule has 0 spiro atoms. The molecule has 0 saturated carbocycles. The minimum atomic E-state index is -0.0187. The Morgan fingerprint density at radius 1 is 1.03 bits per heavy atom. The molecule has 0 aliphatic carbocycles. The number of carbonyl (C=O) groups excluding carboxylic acids is 1. The van der Waals surface area contributed by atoms with Crippen LogP contribution in [0, 0.1) is 0 Å². The molecule has 2 aliphatic rings. The summed E-state index contributed by atoms with van der Waals surface area (Å²) in [6.07, 6.45) is 0. The number of benzene rings is 2. The van der Waals surface area contributed by atoms with Gasteiger partial charge in [-0.1, -0.05) is 42.5 Å². The Morgan fingerprint density at radius 2 is 1.79 bits per heavy atom. The molecule has 1 saturated heterocycles. The number of nitrogens with one attached hydrogen (secondary N) is 2. The van der Waals surface area contributed by atoms with E-state index in [1.165, 1.54) is 11.3 Å². The van der Waals surface area contributed by atoms with Gasteiger partial charge in [-0.2, -0.15) is 5.10 Å². The molecule has 3 aromatic rings. The van der Waals surface area contributed by atoms with Crippen molar-refractivity contribution in [2.24, 2.45) is 0 Å². The van der Waals surface area contributed by atoms with Crippen LogP contribution in [0.1, 0.15) is 16.4 Å². The highest BCUT2D eigenvalue weighted by molar-refractivity contribution is 8.00. The van der Waals surface area contributed by atoms with Gasteiger partial charge in [-0.15, -0.1) is 11.8 Å². The summed E-state index contributed by atoms with van der Waals surface area (Å²) in [7, 11) is 0. The number of thioether (sulfide) groups is 1. The summed E-state index contributed by atoms with van der Waals surface area (Å²) in [5.41, 5.74) is 5.43. The monoisotopic (exact) mass is 406 g/mol. The summed E-state index contributed by atoms with van der Waals surface area (Å²) < 4.78 is 5.46. The molecule has 3 heterocycles. The molecule has 5 rings (SSSR count). The fourth-order valence-corrected chi connectivity index (χ4v) is 5.02. The van der Waals surface area contributed by atoms with Gasteiger partial charge in [0.2, 0.25) is 5.91 Å². The van der Waals surface area contributed by atoms with E-state index < -0.39 is 0 Å². The maximum absolute atomic E-state index is 12.2. The Hall–Kier alpha value is -2.77. The molecule has 0 bridgehead atoms. The van der Waals surface area contributed by atoms with Gasteiger partial charge < -0.3 is 15.0 Å². The van der Waals surface area contributed by atoms with E-state index in [1.807, 2.05) is 18.2 Å². The maximum Gasteiger partial charge on any atom is 0.235 e. The number of aromatic amines is 1. The lowest BCUT2D eigenvalue weighted by molar-refractivity contribution is -0.113. The average Bonchev–Trinajstić information content (AvgIpc) is 3.11. The van der Waals surface area contributed by atoms with Crippen LogP contribution >= 0.6 is 11.8 Å². The van der Waals surface area contributed by atoms with Crippen molar-refractivity contribution in [1.29, 1.82) is 0 Å². The first-order valence-electron chi connectivity index (χ1n) is 9.77. The van der Waals surface area contributed by atoms with Crippen LogP contribution in [0.5, 0.6) is 0 Å². The minimum Gasteiger partial charge on any atom is -0.378 e. The van der Waals surface area contributed by atoms with Gasteiger partial charge in [0.25, 0.3) is 0 Å². The summed E-state index contributed by atoms with van der Waals surface area (Å²) in [5.74, 6) is 1.01. The number of rotatable bonds is 3. The smallest absolute Gasteiger partial charge is 0.235 e. The first-order chi connectivity index (χ1) is 14.3. The number of nitrogens with zero attached hydrogens (tertiary/aromatic N) is 2. The van der Waals surface area contributed by atoms with Crippen molar-refractivity contribution >= 4 is 29.2 Å². The Bertz CT molecular complexity index is 997. The SMILES string of the molecule is O=C1CSC(c2ccc(N3CCOCC3)cc2)c2c(n[nH]c2-c2ccccc2)N1. The van der Waals surface area contributed by atoms with Gasteiger partial charge in [0.15, 0.2) is 5.82 Å². The van der Waals surface area contributed by atoms with E-state index in [0.717, 1.165) is 43.1 Å². The third-order valence-electron chi connectivity index (χ3n) is 5.34. The molecule has 1 unspecified atom stereocenters. The lowest BCUT2D eigenvalue weighted by atomic mass is 9.99. The van der Waals surface area contributed by atoms with Gasteiger partial charge in [-0.3, -0.25) is 9.89 Å². The highest BCUT2D eigenvalue weighted by Crippen LogP contribution is 2.45. The van der Waals surface area contributed by atoms with Crippen LogP contribution in [0.15, 0.2) is 54.6 Å². The number of morpholine rings is 1. The molecule has 7 heteroatoms. The molecule has 6 nitrogen and oxygen atoms in total. The van der Waals surface area contributed by atoms with Crippen LogP contribution in [-0.4, -0.2) is 48.2 Å². The molecule has 1 fully saturated rings. The highest BCUT2D eigenvalue weighted by Gasteiger charge is 2.30. The number of H-pyrrole nitrogens is 1. The third kappa shape index (κ3) is 3.63. The molecule has 0 radical (unpaired) electrons. The number of fused-ring (bicyclic) bond motifs is 1. The molecule has 29 heavy (non-hydrogen) atoms. The van der Waals surface area contributed by atoms with Gasteiger partial charge in [0, 0.05) is 24.3 Å². The Kier molecular flexibility index (Phi) is 4.99. The van der Waals surface area contributed by atoms with Crippen LogP contribution in [0.25, 0.3) is 11.3 Å². The van der Waals surface area contributed by atoms with Crippen molar-refractivity contribution in [3.05, 3.63) is 65.7 Å². The summed E-state index contributed by atoms with van der Waals surface area (Å²) in [6.45, 7) is 3.37. The zero-order valence-electron chi connectivity index (χ0n) is 15.9. The normalized spacial score (nSPS) is 19.4. The van der Waals surface area contributed by atoms with Crippen molar-refractivity contribution in [2.45, 2.75) is 5.25 Å². The molecular weight excluding hydrogens is 384 g/mol. The van der Waals surface area contributed by atoms with E-state index in [2.05, 4.69) is 56.8 Å². The van der Waals surface area contributed by atoms with Gasteiger partial charge >= 0.3 is 0 Å². The lowest BCUT2D eigenvalue weighted by Gasteiger charge is -2.29. The second kappa shape index (κ2) is 7.93. The Morgan fingerprint density at radius 3 is 2.55 bits per heavy atom. The number of hydrogen-bond donors (Lipinski definition) is 2. The summed E-state index contributed by atoms with van der Waals surface area (Å²) in [5, 5.41) is 10.5. The molecule has 2 aliphatic heterocycles. The number of anilines is 2. The predicted octanol–water partition coefficient (Wildman–Crippen LogP) is 3.69. The number of aromatic nitrogens is 2. The Labute approximate surface area is 173 Å². The second-order valence-electron chi connectivity index (χ2n) is 7.16. The average molecular weight is 407 g/mol. The van der Waals surface area contributed by atoms with Gasteiger partial charge in [0.1, 0.15) is 0 Å². The van der Waals surface area contributed by atoms with Crippen LogP contribution in [0.4, 0.5) is 11.5 Å². The quantitative estimate of drug-likeness (QED) is 0.694. The van der Waals surface area contributed by atoms with Crippen molar-refractivity contribution in [3.8, 4) is 11.3 Å². The fraction of sp³-hybridized carbons (Fsp3) is 0.273.